The van der Waals surface area contributed by atoms with Crippen LogP contribution in [0.2, 0.25) is 0 Å². The average Bonchev–Trinajstić information content (AvgIpc) is 3.15. The van der Waals surface area contributed by atoms with Gasteiger partial charge < -0.3 is 10.4 Å². The number of amides is 3. The summed E-state index contributed by atoms with van der Waals surface area (Å²) in [4.78, 5) is 36.7. The van der Waals surface area contributed by atoms with Gasteiger partial charge >= 0.3 is 12.0 Å². The van der Waals surface area contributed by atoms with Crippen molar-refractivity contribution in [3.8, 4) is 5.69 Å². The molecule has 1 aliphatic heterocycles. The molecule has 1 aromatic heterocycles. The van der Waals surface area contributed by atoms with Crippen LogP contribution in [0.5, 0.6) is 0 Å². The van der Waals surface area contributed by atoms with E-state index in [9.17, 15) is 14.4 Å². The van der Waals surface area contributed by atoms with E-state index in [1.54, 1.807) is 24.3 Å². The van der Waals surface area contributed by atoms with Gasteiger partial charge in [-0.3, -0.25) is 4.79 Å². The van der Waals surface area contributed by atoms with Gasteiger partial charge in [0.15, 0.2) is 0 Å². The Kier molecular flexibility index (Phi) is 3.51. The highest BCUT2D eigenvalue weighted by Gasteiger charge is 2.51. The summed E-state index contributed by atoms with van der Waals surface area (Å²) in [6.07, 6.45) is 1.40. The molecule has 2 atom stereocenters. The van der Waals surface area contributed by atoms with Crippen LogP contribution in [0.25, 0.3) is 5.69 Å². The van der Waals surface area contributed by atoms with Crippen molar-refractivity contribution in [3.05, 3.63) is 36.2 Å². The summed E-state index contributed by atoms with van der Waals surface area (Å²) >= 11 is 0. The van der Waals surface area contributed by atoms with Gasteiger partial charge in [-0.1, -0.05) is 12.1 Å². The van der Waals surface area contributed by atoms with Crippen LogP contribution in [0.4, 0.5) is 4.79 Å². The smallest absolute Gasteiger partial charge is 0.326 e. The molecule has 124 valence electrons. The third-order valence-electron chi connectivity index (χ3n) is 4.00. The van der Waals surface area contributed by atoms with Gasteiger partial charge in [-0.25, -0.2) is 19.2 Å². The zero-order valence-electron chi connectivity index (χ0n) is 12.9. The molecule has 3 amide bonds. The first-order valence-corrected chi connectivity index (χ1v) is 7.07. The van der Waals surface area contributed by atoms with E-state index in [4.69, 9.17) is 5.11 Å². The third-order valence-corrected chi connectivity index (χ3v) is 4.00. The van der Waals surface area contributed by atoms with Gasteiger partial charge in [0.2, 0.25) is 0 Å². The van der Waals surface area contributed by atoms with Crippen LogP contribution in [0.3, 0.4) is 0 Å². The monoisotopic (exact) mass is 330 g/mol. The predicted octanol–water partition coefficient (Wildman–Crippen LogP) is -0.0976. The highest BCUT2D eigenvalue weighted by atomic mass is 16.4. The van der Waals surface area contributed by atoms with E-state index in [1.165, 1.54) is 24.9 Å². The molecule has 2 N–H and O–H groups in total. The number of imide groups is 1. The minimum absolute atomic E-state index is 0.494. The molecular weight excluding hydrogens is 316 g/mol. The molecule has 0 aliphatic carbocycles. The average molecular weight is 330 g/mol. The maximum atomic E-state index is 12.7. The van der Waals surface area contributed by atoms with Gasteiger partial charge in [0.25, 0.3) is 5.91 Å². The predicted molar refractivity (Wildman–Crippen MR) is 79.0 cm³/mol. The van der Waals surface area contributed by atoms with Crippen molar-refractivity contribution in [1.29, 1.82) is 0 Å². The first kappa shape index (κ1) is 15.6. The zero-order valence-corrected chi connectivity index (χ0v) is 12.9. The van der Waals surface area contributed by atoms with Crippen molar-refractivity contribution in [2.45, 2.75) is 25.4 Å². The van der Waals surface area contributed by atoms with Gasteiger partial charge in [0.1, 0.15) is 17.9 Å². The Hall–Kier alpha value is -3.30. The van der Waals surface area contributed by atoms with Gasteiger partial charge in [-0.15, -0.1) is 5.10 Å². The normalized spacial score (nSPS) is 21.7. The molecule has 1 aliphatic rings. The molecule has 0 spiro atoms. The Balaban J connectivity index is 2.00. The van der Waals surface area contributed by atoms with Crippen LogP contribution in [-0.2, 0) is 15.1 Å². The minimum Gasteiger partial charge on any atom is -0.480 e. The Labute approximate surface area is 136 Å². The second kappa shape index (κ2) is 5.41. The summed E-state index contributed by atoms with van der Waals surface area (Å²) in [6, 6.07) is 4.75. The molecule has 0 saturated carbocycles. The lowest BCUT2D eigenvalue weighted by Gasteiger charge is -2.23. The van der Waals surface area contributed by atoms with Gasteiger partial charge in [-0.05, 0) is 42.0 Å². The van der Waals surface area contributed by atoms with Gasteiger partial charge in [-0.2, -0.15) is 0 Å². The Bertz CT molecular complexity index is 820. The number of hydrogen-bond acceptors (Lipinski definition) is 6. The van der Waals surface area contributed by atoms with Crippen LogP contribution in [0.15, 0.2) is 30.6 Å². The van der Waals surface area contributed by atoms with Crippen LogP contribution in [0.1, 0.15) is 19.4 Å². The van der Waals surface area contributed by atoms with Crippen molar-refractivity contribution < 1.29 is 19.5 Å². The molecule has 24 heavy (non-hydrogen) atoms. The molecule has 1 saturated heterocycles. The molecule has 2 unspecified atom stereocenters. The lowest BCUT2D eigenvalue weighted by Crippen LogP contribution is -2.45. The second-order valence-corrected chi connectivity index (χ2v) is 5.55. The van der Waals surface area contributed by atoms with E-state index in [0.717, 1.165) is 0 Å². The molecule has 3 rings (SSSR count). The van der Waals surface area contributed by atoms with E-state index >= 15 is 0 Å². The van der Waals surface area contributed by atoms with E-state index in [1.807, 2.05) is 0 Å². The van der Waals surface area contributed by atoms with E-state index < -0.39 is 29.5 Å². The summed E-state index contributed by atoms with van der Waals surface area (Å²) in [5, 5.41) is 22.5. The number of urea groups is 1. The summed E-state index contributed by atoms with van der Waals surface area (Å²) in [7, 11) is 0. The van der Waals surface area contributed by atoms with Gasteiger partial charge in [0.05, 0.1) is 5.69 Å². The van der Waals surface area contributed by atoms with E-state index in [2.05, 4.69) is 20.8 Å². The van der Waals surface area contributed by atoms with E-state index in [-0.39, 0.29) is 0 Å². The number of aliphatic carboxylic acids is 1. The fourth-order valence-corrected chi connectivity index (χ4v) is 2.56. The Morgan fingerprint density at radius 3 is 2.75 bits per heavy atom. The fraction of sp³-hybridized carbons (Fsp3) is 0.286. The maximum absolute atomic E-state index is 12.7. The molecule has 10 nitrogen and oxygen atoms in total. The molecule has 1 aromatic carbocycles. The highest BCUT2D eigenvalue weighted by Crippen LogP contribution is 2.31. The lowest BCUT2D eigenvalue weighted by molar-refractivity contribution is -0.147. The highest BCUT2D eigenvalue weighted by molar-refractivity contribution is 6.09. The number of carboxylic acids is 1. The first-order chi connectivity index (χ1) is 11.3. The molecule has 0 bridgehead atoms. The quantitative estimate of drug-likeness (QED) is 0.749. The summed E-state index contributed by atoms with van der Waals surface area (Å²) < 4.78 is 1.41. The summed E-state index contributed by atoms with van der Waals surface area (Å²) in [5.74, 6) is -1.89. The first-order valence-electron chi connectivity index (χ1n) is 7.07. The summed E-state index contributed by atoms with van der Waals surface area (Å²) in [5.41, 5.74) is -0.274. The third kappa shape index (κ3) is 2.28. The molecule has 2 aromatic rings. The SMILES string of the molecule is CC(C(=O)O)N1C(=O)NC(C)(c2cccc(-n3cnnn3)c2)C1=O. The molecule has 0 radical (unpaired) electrons. The largest absolute Gasteiger partial charge is 0.480 e. The van der Waals surface area contributed by atoms with Crippen molar-refractivity contribution in [3.63, 3.8) is 0 Å². The van der Waals surface area contributed by atoms with E-state index in [0.29, 0.717) is 16.2 Å². The number of carboxylic acid groups (broad SMARTS) is 1. The second-order valence-electron chi connectivity index (χ2n) is 5.55. The molecule has 2 heterocycles. The zero-order chi connectivity index (χ0) is 17.5. The minimum atomic E-state index is -1.37. The Morgan fingerprint density at radius 1 is 1.38 bits per heavy atom. The Morgan fingerprint density at radius 2 is 2.12 bits per heavy atom. The maximum Gasteiger partial charge on any atom is 0.326 e. The van der Waals surface area contributed by atoms with Crippen molar-refractivity contribution >= 4 is 17.9 Å². The number of carbonyl (C=O) groups excluding carboxylic acids is 2. The number of nitrogens with one attached hydrogen (secondary N) is 1. The van der Waals surface area contributed by atoms with Crippen LogP contribution in [0, 0.1) is 0 Å². The molecule has 1 fully saturated rings. The van der Waals surface area contributed by atoms with Crippen LogP contribution >= 0.6 is 0 Å². The van der Waals surface area contributed by atoms with Crippen molar-refractivity contribution in [2.24, 2.45) is 0 Å². The van der Waals surface area contributed by atoms with Gasteiger partial charge in [0, 0.05) is 0 Å². The summed E-state index contributed by atoms with van der Waals surface area (Å²) in [6.45, 7) is 2.81. The number of aromatic nitrogens is 4. The fourth-order valence-electron chi connectivity index (χ4n) is 2.56. The topological polar surface area (TPSA) is 130 Å². The molecule has 10 heteroatoms. The number of tetrazole rings is 1. The standard InChI is InChI=1S/C14H14N6O4/c1-8(11(21)22)20-12(23)14(2,16-13(20)24)9-4-3-5-10(6-9)19-7-15-17-18-19/h3-8H,1-2H3,(H,16,24)(H,21,22). The number of carbonyl (C=O) groups is 3. The van der Waals surface area contributed by atoms with Crippen molar-refractivity contribution in [1.82, 2.24) is 30.4 Å². The van der Waals surface area contributed by atoms with Crippen molar-refractivity contribution in [2.75, 3.05) is 0 Å². The lowest BCUT2D eigenvalue weighted by atomic mass is 9.91. The number of benzene rings is 1. The van der Waals surface area contributed by atoms with Crippen LogP contribution in [-0.4, -0.2) is 54.2 Å². The number of nitrogens with zero attached hydrogens (tertiary/aromatic N) is 5. The number of rotatable bonds is 4. The van der Waals surface area contributed by atoms with Crippen LogP contribution < -0.4 is 5.32 Å². The molecular formula is C14H14N6O4. The number of hydrogen-bond donors (Lipinski definition) is 2.